The van der Waals surface area contributed by atoms with E-state index in [0.717, 1.165) is 5.56 Å². The van der Waals surface area contributed by atoms with Gasteiger partial charge < -0.3 is 10.5 Å². The summed E-state index contributed by atoms with van der Waals surface area (Å²) >= 11 is 0. The molecule has 1 amide bonds. The summed E-state index contributed by atoms with van der Waals surface area (Å²) < 4.78 is 6.19. The molecule has 0 aliphatic carbocycles. The van der Waals surface area contributed by atoms with E-state index < -0.39 is 17.2 Å². The minimum Gasteiger partial charge on any atom is -0.383 e. The average Bonchev–Trinajstić information content (AvgIpc) is 2.73. The van der Waals surface area contributed by atoms with Gasteiger partial charge in [-0.05, 0) is 24.6 Å². The maximum atomic E-state index is 13.4. The Balaban J connectivity index is 2.16. The van der Waals surface area contributed by atoms with Gasteiger partial charge in [0.15, 0.2) is 5.69 Å². The summed E-state index contributed by atoms with van der Waals surface area (Å²) in [6.07, 6.45) is 0. The lowest BCUT2D eigenvalue weighted by molar-refractivity contribution is 0.0979. The van der Waals surface area contributed by atoms with Gasteiger partial charge in [0.2, 0.25) is 0 Å². The van der Waals surface area contributed by atoms with Crippen molar-refractivity contribution in [3.8, 4) is 0 Å². The molecule has 3 N–H and O–H groups in total. The van der Waals surface area contributed by atoms with Gasteiger partial charge in [-0.2, -0.15) is 0 Å². The number of nitrogens with zero attached hydrogens (tertiary/aromatic N) is 3. The number of nitrogens with one attached hydrogen (secondary N) is 1. The Labute approximate surface area is 172 Å². The number of carbonyl (C=O) groups is 1. The molecule has 0 atom stereocenters. The van der Waals surface area contributed by atoms with Crippen molar-refractivity contribution in [2.75, 3.05) is 24.4 Å². The van der Waals surface area contributed by atoms with Gasteiger partial charge in [-0.1, -0.05) is 36.4 Å². The Morgan fingerprint density at radius 2 is 1.90 bits per heavy atom. The molecular formula is C21H23N5O4. The fraction of sp³-hybridized carbons (Fsp3) is 0.238. The second-order valence-electron chi connectivity index (χ2n) is 6.68. The van der Waals surface area contributed by atoms with Crippen LogP contribution in [-0.4, -0.2) is 34.2 Å². The first-order chi connectivity index (χ1) is 14.4. The summed E-state index contributed by atoms with van der Waals surface area (Å²) in [5.74, 6) is -0.616. The number of amides is 1. The Kier molecular flexibility index (Phi) is 6.43. The molecule has 0 spiro atoms. The third-order valence-electron chi connectivity index (χ3n) is 4.54. The number of hydrogen-bond donors (Lipinski definition) is 2. The second-order valence-corrected chi connectivity index (χ2v) is 6.68. The highest BCUT2D eigenvalue weighted by Crippen LogP contribution is 2.21. The van der Waals surface area contributed by atoms with Gasteiger partial charge in [0.25, 0.3) is 11.5 Å². The van der Waals surface area contributed by atoms with E-state index in [1.165, 1.54) is 16.6 Å². The normalized spacial score (nSPS) is 10.7. The molecule has 3 aromatic rings. The number of nitrogen functional groups attached to an aromatic ring is 1. The van der Waals surface area contributed by atoms with Gasteiger partial charge >= 0.3 is 5.69 Å². The highest BCUT2D eigenvalue weighted by molar-refractivity contribution is 6.05. The minimum absolute atomic E-state index is 0.0745. The van der Waals surface area contributed by atoms with Crippen LogP contribution < -0.4 is 21.9 Å². The van der Waals surface area contributed by atoms with E-state index in [9.17, 15) is 14.4 Å². The Bertz CT molecular complexity index is 1150. The van der Waals surface area contributed by atoms with Crippen LogP contribution in [0.15, 0.2) is 58.1 Å². The number of anilines is 2. The predicted octanol–water partition coefficient (Wildman–Crippen LogP) is 1.32. The first-order valence-electron chi connectivity index (χ1n) is 9.33. The fourth-order valence-corrected chi connectivity index (χ4v) is 3.06. The Morgan fingerprint density at radius 3 is 2.57 bits per heavy atom. The quantitative estimate of drug-likeness (QED) is 0.607. The summed E-state index contributed by atoms with van der Waals surface area (Å²) in [5.41, 5.74) is 6.29. The van der Waals surface area contributed by atoms with E-state index in [2.05, 4.69) is 9.97 Å². The van der Waals surface area contributed by atoms with Crippen LogP contribution in [0.1, 0.15) is 21.7 Å². The van der Waals surface area contributed by atoms with Crippen LogP contribution in [0, 0.1) is 6.92 Å². The summed E-state index contributed by atoms with van der Waals surface area (Å²) in [4.78, 5) is 46.1. The third-order valence-corrected chi connectivity index (χ3v) is 4.54. The maximum absolute atomic E-state index is 13.4. The van der Waals surface area contributed by atoms with Crippen molar-refractivity contribution < 1.29 is 9.53 Å². The minimum atomic E-state index is -0.747. The average molecular weight is 409 g/mol. The first kappa shape index (κ1) is 21.0. The van der Waals surface area contributed by atoms with Crippen molar-refractivity contribution in [1.82, 2.24) is 14.5 Å². The molecule has 0 radical (unpaired) electrons. The molecule has 0 fully saturated rings. The summed E-state index contributed by atoms with van der Waals surface area (Å²) in [6, 6.07) is 14.2. The largest absolute Gasteiger partial charge is 0.383 e. The number of pyridine rings is 1. The number of nitrogens with two attached hydrogens (primary N) is 1. The van der Waals surface area contributed by atoms with E-state index in [1.54, 1.807) is 25.1 Å². The zero-order chi connectivity index (χ0) is 21.7. The molecule has 3 rings (SSSR count). The lowest BCUT2D eigenvalue weighted by Crippen LogP contribution is -2.41. The highest BCUT2D eigenvalue weighted by Gasteiger charge is 2.26. The van der Waals surface area contributed by atoms with Crippen molar-refractivity contribution in [3.63, 3.8) is 0 Å². The lowest BCUT2D eigenvalue weighted by Gasteiger charge is -2.24. The Hall–Kier alpha value is -3.72. The fourth-order valence-electron chi connectivity index (χ4n) is 3.06. The number of rotatable bonds is 7. The molecule has 0 bridgehead atoms. The van der Waals surface area contributed by atoms with Crippen molar-refractivity contribution >= 4 is 17.4 Å². The van der Waals surface area contributed by atoms with E-state index in [0.29, 0.717) is 5.69 Å². The number of carbonyl (C=O) groups excluding carboxylic acids is 1. The summed E-state index contributed by atoms with van der Waals surface area (Å²) in [6.45, 7) is 2.18. The van der Waals surface area contributed by atoms with Gasteiger partial charge in [0, 0.05) is 12.8 Å². The third kappa shape index (κ3) is 4.47. The number of methoxy groups -OCH3 is 1. The molecule has 156 valence electrons. The number of ether oxygens (including phenoxy) is 1. The second kappa shape index (κ2) is 9.19. The number of hydrogen-bond acceptors (Lipinski definition) is 6. The van der Waals surface area contributed by atoms with Gasteiger partial charge in [-0.25, -0.2) is 9.78 Å². The molecule has 2 aromatic heterocycles. The predicted molar refractivity (Wildman–Crippen MR) is 114 cm³/mol. The van der Waals surface area contributed by atoms with E-state index in [4.69, 9.17) is 10.5 Å². The molecule has 9 nitrogen and oxygen atoms in total. The number of aromatic nitrogens is 3. The molecule has 0 saturated carbocycles. The van der Waals surface area contributed by atoms with Crippen LogP contribution >= 0.6 is 0 Å². The zero-order valence-electron chi connectivity index (χ0n) is 16.8. The summed E-state index contributed by atoms with van der Waals surface area (Å²) in [5, 5.41) is 0. The van der Waals surface area contributed by atoms with Crippen LogP contribution in [0.4, 0.5) is 11.5 Å². The van der Waals surface area contributed by atoms with Crippen LogP contribution in [0.5, 0.6) is 0 Å². The van der Waals surface area contributed by atoms with Gasteiger partial charge in [-0.3, -0.25) is 24.0 Å². The van der Waals surface area contributed by atoms with E-state index in [1.807, 2.05) is 30.3 Å². The molecule has 2 heterocycles. The van der Waals surface area contributed by atoms with Gasteiger partial charge in [-0.15, -0.1) is 0 Å². The maximum Gasteiger partial charge on any atom is 0.330 e. The SMILES string of the molecule is COCCn1c(N)c(N(Cc2ccccc2)C(=O)c2cccc(C)n2)c(=O)[nH]c1=O. The van der Waals surface area contributed by atoms with Crippen LogP contribution in [0.25, 0.3) is 0 Å². The number of benzene rings is 1. The van der Waals surface area contributed by atoms with Crippen LogP contribution in [0.2, 0.25) is 0 Å². The number of aryl methyl sites for hydroxylation is 1. The van der Waals surface area contributed by atoms with Gasteiger partial charge in [0.05, 0.1) is 19.7 Å². The van der Waals surface area contributed by atoms with Crippen molar-refractivity contribution in [2.24, 2.45) is 0 Å². The van der Waals surface area contributed by atoms with Crippen molar-refractivity contribution in [3.05, 3.63) is 86.3 Å². The zero-order valence-corrected chi connectivity index (χ0v) is 16.8. The topological polar surface area (TPSA) is 123 Å². The van der Waals surface area contributed by atoms with Crippen LogP contribution in [0.3, 0.4) is 0 Å². The summed E-state index contributed by atoms with van der Waals surface area (Å²) in [7, 11) is 1.49. The molecule has 30 heavy (non-hydrogen) atoms. The lowest BCUT2D eigenvalue weighted by atomic mass is 10.2. The van der Waals surface area contributed by atoms with Crippen molar-refractivity contribution in [1.29, 1.82) is 0 Å². The number of H-pyrrole nitrogens is 1. The molecule has 1 aromatic carbocycles. The Morgan fingerprint density at radius 1 is 1.17 bits per heavy atom. The smallest absolute Gasteiger partial charge is 0.330 e. The van der Waals surface area contributed by atoms with E-state index >= 15 is 0 Å². The standard InChI is InChI=1S/C21H23N5O4/c1-14-7-6-10-16(23-14)20(28)26(13-15-8-4-3-5-9-15)17-18(22)25(11-12-30-2)21(29)24-19(17)27/h3-10H,11-13,22H2,1-2H3,(H,24,27,29). The highest BCUT2D eigenvalue weighted by atomic mass is 16.5. The monoisotopic (exact) mass is 409 g/mol. The first-order valence-corrected chi connectivity index (χ1v) is 9.33. The molecule has 0 saturated heterocycles. The van der Waals surface area contributed by atoms with Crippen molar-refractivity contribution in [2.45, 2.75) is 20.0 Å². The van der Waals surface area contributed by atoms with Crippen LogP contribution in [-0.2, 0) is 17.8 Å². The van der Waals surface area contributed by atoms with Gasteiger partial charge in [0.1, 0.15) is 11.5 Å². The molecule has 0 unspecified atom stereocenters. The molecular weight excluding hydrogens is 386 g/mol. The molecule has 9 heteroatoms. The number of aromatic amines is 1. The van der Waals surface area contributed by atoms with E-state index in [-0.39, 0.29) is 36.9 Å². The molecule has 0 aliphatic heterocycles. The molecule has 0 aliphatic rings.